The molecule has 3 N–H and O–H groups in total. The van der Waals surface area contributed by atoms with Crippen LogP contribution in [-0.4, -0.2) is 28.2 Å². The van der Waals surface area contributed by atoms with Gasteiger partial charge in [-0.15, -0.1) is 0 Å². The first-order valence-electron chi connectivity index (χ1n) is 7.05. The van der Waals surface area contributed by atoms with Crippen LogP contribution in [0.2, 0.25) is 0 Å². The lowest BCUT2D eigenvalue weighted by molar-refractivity contribution is -0.121. The molecule has 0 atom stereocenters. The molecule has 5 nitrogen and oxygen atoms in total. The number of hydrogen-bond acceptors (Lipinski definition) is 3. The monoisotopic (exact) mass is 286 g/mol. The minimum Gasteiger partial charge on any atom is -0.350 e. The summed E-state index contributed by atoms with van der Waals surface area (Å²) < 4.78 is 0. The van der Waals surface area contributed by atoms with Crippen molar-refractivity contribution in [2.75, 3.05) is 6.54 Å². The average molecular weight is 286 g/mol. The van der Waals surface area contributed by atoms with Gasteiger partial charge < -0.3 is 10.6 Å². The van der Waals surface area contributed by atoms with E-state index in [0.29, 0.717) is 6.54 Å². The van der Waals surface area contributed by atoms with E-state index in [1.807, 2.05) is 51.1 Å². The van der Waals surface area contributed by atoms with Gasteiger partial charge in [0.05, 0.1) is 18.4 Å². The molecule has 0 aliphatic rings. The quantitative estimate of drug-likeness (QED) is 0.788. The number of amides is 1. The molecule has 1 aromatic heterocycles. The molecule has 2 aromatic rings. The van der Waals surface area contributed by atoms with Crippen LogP contribution in [0.25, 0.3) is 11.3 Å². The summed E-state index contributed by atoms with van der Waals surface area (Å²) in [5.74, 6) is -0.00717. The van der Waals surface area contributed by atoms with Crippen LogP contribution in [0.15, 0.2) is 36.5 Å². The van der Waals surface area contributed by atoms with Gasteiger partial charge in [0, 0.05) is 17.6 Å². The fraction of sp³-hybridized carbons (Fsp3) is 0.375. The molecule has 0 unspecified atom stereocenters. The zero-order valence-corrected chi connectivity index (χ0v) is 12.7. The Hall–Kier alpha value is -2.14. The van der Waals surface area contributed by atoms with Gasteiger partial charge in [-0.2, -0.15) is 5.10 Å². The number of benzene rings is 1. The van der Waals surface area contributed by atoms with E-state index in [4.69, 9.17) is 0 Å². The van der Waals surface area contributed by atoms with Crippen LogP contribution in [0.3, 0.4) is 0 Å². The zero-order valence-electron chi connectivity index (χ0n) is 12.7. The summed E-state index contributed by atoms with van der Waals surface area (Å²) in [7, 11) is 0. The van der Waals surface area contributed by atoms with Crippen molar-refractivity contribution in [2.24, 2.45) is 0 Å². The number of nitrogens with zero attached hydrogens (tertiary/aromatic N) is 1. The van der Waals surface area contributed by atoms with Crippen molar-refractivity contribution in [3.8, 4) is 11.3 Å². The number of hydrogen-bond donors (Lipinski definition) is 3. The molecule has 0 aliphatic carbocycles. The largest absolute Gasteiger partial charge is 0.350 e. The fourth-order valence-corrected chi connectivity index (χ4v) is 2.07. The van der Waals surface area contributed by atoms with E-state index in [-0.39, 0.29) is 18.0 Å². The van der Waals surface area contributed by atoms with Crippen LogP contribution < -0.4 is 10.6 Å². The maximum absolute atomic E-state index is 11.7. The molecule has 0 saturated carbocycles. The van der Waals surface area contributed by atoms with Gasteiger partial charge in [0.25, 0.3) is 0 Å². The van der Waals surface area contributed by atoms with Gasteiger partial charge in [-0.25, -0.2) is 0 Å². The zero-order chi connectivity index (χ0) is 15.3. The topological polar surface area (TPSA) is 69.8 Å². The van der Waals surface area contributed by atoms with Gasteiger partial charge in [-0.1, -0.05) is 30.3 Å². The number of H-pyrrole nitrogens is 1. The Bertz CT molecular complexity index is 584. The first-order valence-corrected chi connectivity index (χ1v) is 7.05. The fourth-order valence-electron chi connectivity index (χ4n) is 2.07. The lowest BCUT2D eigenvalue weighted by Crippen LogP contribution is -2.44. The number of rotatable bonds is 5. The van der Waals surface area contributed by atoms with Gasteiger partial charge in [-0.3, -0.25) is 9.89 Å². The smallest absolute Gasteiger partial charge is 0.234 e. The molecule has 0 saturated heterocycles. The average Bonchev–Trinajstić information content (AvgIpc) is 2.86. The van der Waals surface area contributed by atoms with Crippen molar-refractivity contribution in [2.45, 2.75) is 32.9 Å². The van der Waals surface area contributed by atoms with E-state index in [2.05, 4.69) is 20.8 Å². The Labute approximate surface area is 125 Å². The van der Waals surface area contributed by atoms with Crippen LogP contribution >= 0.6 is 0 Å². The summed E-state index contributed by atoms with van der Waals surface area (Å²) in [4.78, 5) is 11.7. The van der Waals surface area contributed by atoms with Crippen LogP contribution in [0.4, 0.5) is 0 Å². The van der Waals surface area contributed by atoms with Gasteiger partial charge >= 0.3 is 0 Å². The summed E-state index contributed by atoms with van der Waals surface area (Å²) in [6.45, 7) is 6.78. The van der Waals surface area contributed by atoms with E-state index < -0.39 is 0 Å². The summed E-state index contributed by atoms with van der Waals surface area (Å²) in [6, 6.07) is 10.0. The van der Waals surface area contributed by atoms with Crippen molar-refractivity contribution >= 4 is 5.91 Å². The van der Waals surface area contributed by atoms with E-state index in [1.165, 1.54) is 0 Å². The Balaban J connectivity index is 1.91. The van der Waals surface area contributed by atoms with Gasteiger partial charge in [-0.05, 0) is 26.3 Å². The van der Waals surface area contributed by atoms with E-state index in [9.17, 15) is 4.79 Å². The van der Waals surface area contributed by atoms with Gasteiger partial charge in [0.1, 0.15) is 0 Å². The minimum absolute atomic E-state index is 0.00717. The van der Waals surface area contributed by atoms with Crippen molar-refractivity contribution < 1.29 is 4.79 Å². The molecule has 0 spiro atoms. The molecular formula is C16H22N4O. The highest BCUT2D eigenvalue weighted by Crippen LogP contribution is 2.20. The first kappa shape index (κ1) is 15.3. The Morgan fingerprint density at radius 1 is 1.24 bits per heavy atom. The molecule has 0 fully saturated rings. The second-order valence-corrected chi connectivity index (χ2v) is 6.04. The SMILES string of the molecule is CC(C)(C)NC(=O)CNCc1cn[nH]c1-c1ccccc1. The lowest BCUT2D eigenvalue weighted by Gasteiger charge is -2.20. The van der Waals surface area contributed by atoms with E-state index in [0.717, 1.165) is 16.8 Å². The van der Waals surface area contributed by atoms with Crippen LogP contribution in [-0.2, 0) is 11.3 Å². The third-order valence-corrected chi connectivity index (χ3v) is 2.90. The molecule has 2 rings (SSSR count). The molecular weight excluding hydrogens is 264 g/mol. The highest BCUT2D eigenvalue weighted by Gasteiger charge is 2.13. The van der Waals surface area contributed by atoms with Gasteiger partial charge in [0.15, 0.2) is 0 Å². The summed E-state index contributed by atoms with van der Waals surface area (Å²) in [5, 5.41) is 13.2. The lowest BCUT2D eigenvalue weighted by atomic mass is 10.1. The predicted molar refractivity (Wildman–Crippen MR) is 83.6 cm³/mol. The Kier molecular flexibility index (Phi) is 4.75. The minimum atomic E-state index is -0.205. The number of aromatic nitrogens is 2. The molecule has 1 heterocycles. The molecule has 1 amide bonds. The number of aromatic amines is 1. The molecule has 0 bridgehead atoms. The molecule has 21 heavy (non-hydrogen) atoms. The predicted octanol–water partition coefficient (Wildman–Crippen LogP) is 2.08. The number of nitrogens with one attached hydrogen (secondary N) is 3. The third kappa shape index (κ3) is 4.72. The Morgan fingerprint density at radius 3 is 2.62 bits per heavy atom. The molecule has 5 heteroatoms. The molecule has 0 aliphatic heterocycles. The summed E-state index contributed by atoms with van der Waals surface area (Å²) in [6.07, 6.45) is 1.79. The normalized spacial score (nSPS) is 11.4. The van der Waals surface area contributed by atoms with Crippen molar-refractivity contribution in [3.05, 3.63) is 42.1 Å². The molecule has 1 aromatic carbocycles. The van der Waals surface area contributed by atoms with Gasteiger partial charge in [0.2, 0.25) is 5.91 Å². The maximum Gasteiger partial charge on any atom is 0.234 e. The molecule has 112 valence electrons. The van der Waals surface area contributed by atoms with E-state index >= 15 is 0 Å². The Morgan fingerprint density at radius 2 is 1.95 bits per heavy atom. The van der Waals surface area contributed by atoms with Crippen LogP contribution in [0.1, 0.15) is 26.3 Å². The number of carbonyl (C=O) groups excluding carboxylic acids is 1. The summed E-state index contributed by atoms with van der Waals surface area (Å²) >= 11 is 0. The van der Waals surface area contributed by atoms with Crippen molar-refractivity contribution in [1.82, 2.24) is 20.8 Å². The summed E-state index contributed by atoms with van der Waals surface area (Å²) in [5.41, 5.74) is 2.92. The van der Waals surface area contributed by atoms with Crippen molar-refractivity contribution in [1.29, 1.82) is 0 Å². The highest BCUT2D eigenvalue weighted by atomic mass is 16.2. The van der Waals surface area contributed by atoms with Crippen molar-refractivity contribution in [3.63, 3.8) is 0 Å². The maximum atomic E-state index is 11.7. The second-order valence-electron chi connectivity index (χ2n) is 6.04. The number of carbonyl (C=O) groups is 1. The third-order valence-electron chi connectivity index (χ3n) is 2.90. The van der Waals surface area contributed by atoms with Crippen LogP contribution in [0.5, 0.6) is 0 Å². The second kappa shape index (κ2) is 6.54. The molecule has 0 radical (unpaired) electrons. The highest BCUT2D eigenvalue weighted by molar-refractivity contribution is 5.78. The first-order chi connectivity index (χ1) is 9.96. The standard InChI is InChI=1S/C16H22N4O/c1-16(2,3)19-14(21)11-17-9-13-10-18-20-15(13)12-7-5-4-6-8-12/h4-8,10,17H,9,11H2,1-3H3,(H,18,20)(H,19,21). The van der Waals surface area contributed by atoms with E-state index in [1.54, 1.807) is 6.20 Å². The van der Waals surface area contributed by atoms with Crippen LogP contribution in [0, 0.1) is 0 Å².